The van der Waals surface area contributed by atoms with Crippen LogP contribution in [0.4, 0.5) is 0 Å². The van der Waals surface area contributed by atoms with Gasteiger partial charge in [0.15, 0.2) is 34.6 Å². The smallest absolute Gasteiger partial charge is 0.322 e. The normalized spacial score (nSPS) is 16.0. The second-order valence-corrected chi connectivity index (χ2v) is 12.5. The molecule has 0 atom stereocenters. The van der Waals surface area contributed by atoms with Gasteiger partial charge in [0.2, 0.25) is 5.75 Å². The van der Waals surface area contributed by atoms with E-state index in [0.29, 0.717) is 72.5 Å². The molecule has 0 aliphatic heterocycles. The molecule has 48 heavy (non-hydrogen) atoms. The molecule has 0 bridgehead atoms. The lowest BCUT2D eigenvalue weighted by Crippen LogP contribution is -2.37. The number of carbonyl (C=O) groups is 3. The molecule has 0 heterocycles. The van der Waals surface area contributed by atoms with E-state index in [4.69, 9.17) is 23.7 Å². The van der Waals surface area contributed by atoms with Gasteiger partial charge >= 0.3 is 5.97 Å². The van der Waals surface area contributed by atoms with Gasteiger partial charge in [-0.2, -0.15) is 0 Å². The van der Waals surface area contributed by atoms with E-state index in [1.807, 2.05) is 48.5 Å². The van der Waals surface area contributed by atoms with Gasteiger partial charge in [-0.1, -0.05) is 49.2 Å². The molecule has 0 aromatic heterocycles. The van der Waals surface area contributed by atoms with Crippen LogP contribution in [0, 0.1) is 6.07 Å². The highest BCUT2D eigenvalue weighted by Gasteiger charge is 2.48. The molecule has 8 heteroatoms. The maximum absolute atomic E-state index is 14.9. The van der Waals surface area contributed by atoms with Gasteiger partial charge in [-0.25, -0.2) is 0 Å². The zero-order valence-electron chi connectivity index (χ0n) is 27.6. The number of hydrogen-bond donors (Lipinski definition) is 0. The first-order valence-corrected chi connectivity index (χ1v) is 16.3. The van der Waals surface area contributed by atoms with Gasteiger partial charge < -0.3 is 23.7 Å². The van der Waals surface area contributed by atoms with Crippen LogP contribution in [-0.2, 0) is 23.1 Å². The van der Waals surface area contributed by atoms with E-state index in [2.05, 4.69) is 6.07 Å². The number of ketones is 2. The van der Waals surface area contributed by atoms with E-state index < -0.39 is 11.4 Å². The molecular weight excluding hydrogens is 608 g/mol. The molecular formula is C40H37O8. The van der Waals surface area contributed by atoms with Gasteiger partial charge in [0.25, 0.3) is 0 Å². The minimum Gasteiger partial charge on any atom is -0.493 e. The number of benzene rings is 4. The summed E-state index contributed by atoms with van der Waals surface area (Å²) in [7, 11) is 6.16. The molecule has 0 unspecified atom stereocenters. The van der Waals surface area contributed by atoms with Crippen LogP contribution in [0.1, 0.15) is 75.9 Å². The summed E-state index contributed by atoms with van der Waals surface area (Å²) < 4.78 is 29.7. The maximum atomic E-state index is 14.9. The van der Waals surface area contributed by atoms with Crippen LogP contribution in [0.3, 0.4) is 0 Å². The Balaban J connectivity index is 1.39. The van der Waals surface area contributed by atoms with Crippen LogP contribution in [0.5, 0.6) is 28.7 Å². The van der Waals surface area contributed by atoms with Gasteiger partial charge in [0.1, 0.15) is 0 Å². The summed E-state index contributed by atoms with van der Waals surface area (Å²) in [5, 5.41) is 0. The molecule has 245 valence electrons. The second kappa shape index (κ2) is 12.5. The summed E-state index contributed by atoms with van der Waals surface area (Å²) in [5.74, 6) is 1.49. The quantitative estimate of drug-likeness (QED) is 0.136. The topological polar surface area (TPSA) is 97.4 Å². The van der Waals surface area contributed by atoms with Crippen LogP contribution in [0.2, 0.25) is 0 Å². The second-order valence-electron chi connectivity index (χ2n) is 12.5. The molecule has 0 amide bonds. The molecule has 8 nitrogen and oxygen atoms in total. The van der Waals surface area contributed by atoms with Crippen molar-refractivity contribution in [3.8, 4) is 51.0 Å². The average Bonchev–Trinajstić information content (AvgIpc) is 3.87. The highest BCUT2D eigenvalue weighted by atomic mass is 16.6. The highest BCUT2D eigenvalue weighted by Crippen LogP contribution is 2.53. The number of methoxy groups -OCH3 is 4. The van der Waals surface area contributed by atoms with Crippen LogP contribution in [0.25, 0.3) is 22.3 Å². The third-order valence-corrected chi connectivity index (χ3v) is 10.2. The first-order chi connectivity index (χ1) is 23.3. The highest BCUT2D eigenvalue weighted by molar-refractivity contribution is 6.04. The minimum absolute atomic E-state index is 0.0990. The standard InChI is InChI=1S/C40H37O8/c1-44-34-18-15-30(25-10-8-12-29-27(25)14-17-33(29)42)36(38(34)47-4)48-39(43)40(19-5-6-20-40)31-21-23(22-35(45-2)37(31)46-3)24-9-7-11-28-26(24)13-16-32(28)41/h7-12,15,18,21H,5-6,13-14,16-17,19-20H2,1-4H3. The van der Waals surface area contributed by atoms with Crippen molar-refractivity contribution in [2.75, 3.05) is 28.4 Å². The largest absolute Gasteiger partial charge is 0.493 e. The van der Waals surface area contributed by atoms with E-state index >= 15 is 0 Å². The molecule has 4 aromatic rings. The first kappa shape index (κ1) is 31.5. The number of fused-ring (bicyclic) bond motifs is 2. The summed E-state index contributed by atoms with van der Waals surface area (Å²) in [5.41, 5.74) is 5.91. The average molecular weight is 646 g/mol. The Morgan fingerprint density at radius 1 is 0.646 bits per heavy atom. The fourth-order valence-corrected chi connectivity index (χ4v) is 7.84. The summed E-state index contributed by atoms with van der Waals surface area (Å²) in [6.07, 6.45) is 4.81. The Morgan fingerprint density at radius 2 is 1.25 bits per heavy atom. The number of rotatable bonds is 9. The zero-order chi connectivity index (χ0) is 33.6. The Kier molecular flexibility index (Phi) is 8.19. The molecule has 1 saturated carbocycles. The Morgan fingerprint density at radius 3 is 1.85 bits per heavy atom. The Hall–Kier alpha value is -5.11. The monoisotopic (exact) mass is 645 g/mol. The van der Waals surface area contributed by atoms with Crippen molar-refractivity contribution >= 4 is 17.5 Å². The predicted octanol–water partition coefficient (Wildman–Crippen LogP) is 7.53. The third kappa shape index (κ3) is 4.93. The van der Waals surface area contributed by atoms with Crippen LogP contribution in [-0.4, -0.2) is 46.0 Å². The van der Waals surface area contributed by atoms with Crippen molar-refractivity contribution < 1.29 is 38.1 Å². The van der Waals surface area contributed by atoms with Gasteiger partial charge in [0.05, 0.1) is 33.9 Å². The fraction of sp³-hybridized carbons (Fsp3) is 0.325. The molecule has 3 aliphatic rings. The summed E-state index contributed by atoms with van der Waals surface area (Å²) in [4.78, 5) is 40.2. The Labute approximate surface area is 279 Å². The summed E-state index contributed by atoms with van der Waals surface area (Å²) in [6, 6.07) is 20.3. The minimum atomic E-state index is -1.09. The maximum Gasteiger partial charge on any atom is 0.322 e. The fourth-order valence-electron chi connectivity index (χ4n) is 7.84. The van der Waals surface area contributed by atoms with E-state index in [0.717, 1.165) is 46.2 Å². The molecule has 0 saturated heterocycles. The van der Waals surface area contributed by atoms with Crippen molar-refractivity contribution in [1.29, 1.82) is 0 Å². The molecule has 1 radical (unpaired) electrons. The van der Waals surface area contributed by atoms with Gasteiger partial charge in [-0.05, 0) is 71.7 Å². The van der Waals surface area contributed by atoms with Gasteiger partial charge in [-0.15, -0.1) is 0 Å². The lowest BCUT2D eigenvalue weighted by molar-refractivity contribution is -0.141. The summed E-state index contributed by atoms with van der Waals surface area (Å²) >= 11 is 0. The van der Waals surface area contributed by atoms with Crippen molar-refractivity contribution in [2.45, 2.75) is 56.8 Å². The number of Topliss-reactive ketones (excluding diaryl/α,β-unsaturated/α-hetero) is 2. The number of ether oxygens (including phenoxy) is 5. The zero-order valence-corrected chi connectivity index (χ0v) is 27.6. The van der Waals surface area contributed by atoms with Crippen molar-refractivity contribution in [3.05, 3.63) is 88.5 Å². The van der Waals surface area contributed by atoms with E-state index in [9.17, 15) is 14.4 Å². The predicted molar refractivity (Wildman–Crippen MR) is 180 cm³/mol. The van der Waals surface area contributed by atoms with Gasteiger partial charge in [-0.3, -0.25) is 14.4 Å². The summed E-state index contributed by atoms with van der Waals surface area (Å²) in [6.45, 7) is 0. The SMILES string of the molecule is COc1[c]c(-c2cccc3c2CCC3=O)cc(C2(C(=O)Oc3c(-c4cccc5c4CCC5=O)ccc(OC)c3OC)CCCC2)c1OC. The molecule has 0 N–H and O–H groups in total. The molecule has 7 rings (SSSR count). The van der Waals surface area contributed by atoms with E-state index in [1.54, 1.807) is 20.3 Å². The van der Waals surface area contributed by atoms with Crippen LogP contribution < -0.4 is 23.7 Å². The number of carbonyl (C=O) groups excluding carboxylic acids is 3. The van der Waals surface area contributed by atoms with Crippen LogP contribution >= 0.6 is 0 Å². The Bertz CT molecular complexity index is 1970. The lowest BCUT2D eigenvalue weighted by Gasteiger charge is -2.31. The van der Waals surface area contributed by atoms with Gasteiger partial charge in [0, 0.05) is 41.2 Å². The molecule has 3 aliphatic carbocycles. The van der Waals surface area contributed by atoms with E-state index in [1.165, 1.54) is 14.2 Å². The van der Waals surface area contributed by atoms with Crippen molar-refractivity contribution in [1.82, 2.24) is 0 Å². The number of hydrogen-bond acceptors (Lipinski definition) is 8. The third-order valence-electron chi connectivity index (χ3n) is 10.2. The van der Waals surface area contributed by atoms with Crippen molar-refractivity contribution in [2.24, 2.45) is 0 Å². The molecule has 0 spiro atoms. The molecule has 1 fully saturated rings. The first-order valence-electron chi connectivity index (χ1n) is 16.3. The number of esters is 1. The lowest BCUT2D eigenvalue weighted by atomic mass is 9.77. The van der Waals surface area contributed by atoms with Crippen molar-refractivity contribution in [3.63, 3.8) is 0 Å². The van der Waals surface area contributed by atoms with E-state index in [-0.39, 0.29) is 23.1 Å². The van der Waals surface area contributed by atoms with Crippen LogP contribution in [0.15, 0.2) is 54.6 Å². The molecule has 4 aromatic carbocycles.